The lowest BCUT2D eigenvalue weighted by Gasteiger charge is -2.26. The number of amides is 1. The lowest BCUT2D eigenvalue weighted by Crippen LogP contribution is -2.41. The van der Waals surface area contributed by atoms with Gasteiger partial charge in [-0.25, -0.2) is 4.39 Å². The first-order chi connectivity index (χ1) is 9.00. The Labute approximate surface area is 106 Å². The molecule has 0 bridgehead atoms. The molecule has 102 valence electrons. The molecule has 0 spiro atoms. The fourth-order valence-electron chi connectivity index (χ4n) is 1.80. The summed E-state index contributed by atoms with van der Waals surface area (Å²) in [7, 11) is 0. The number of rotatable bonds is 2. The van der Waals surface area contributed by atoms with E-state index in [-0.39, 0.29) is 13.1 Å². The molecule has 19 heavy (non-hydrogen) atoms. The highest BCUT2D eigenvalue weighted by Crippen LogP contribution is 2.23. The van der Waals surface area contributed by atoms with Crippen molar-refractivity contribution in [2.45, 2.75) is 0 Å². The molecule has 0 aliphatic carbocycles. The number of morpholine rings is 1. The van der Waals surface area contributed by atoms with Crippen LogP contribution in [-0.4, -0.2) is 42.0 Å². The van der Waals surface area contributed by atoms with Gasteiger partial charge < -0.3 is 9.64 Å². The lowest BCUT2D eigenvalue weighted by molar-refractivity contribution is -0.387. The molecule has 1 aliphatic rings. The van der Waals surface area contributed by atoms with Gasteiger partial charge in [-0.3, -0.25) is 14.9 Å². The molecule has 0 saturated carbocycles. The molecule has 0 N–H and O–H groups in total. The van der Waals surface area contributed by atoms with Gasteiger partial charge in [-0.15, -0.1) is 0 Å². The van der Waals surface area contributed by atoms with Gasteiger partial charge in [-0.1, -0.05) is 0 Å². The van der Waals surface area contributed by atoms with Crippen LogP contribution in [0.2, 0.25) is 0 Å². The van der Waals surface area contributed by atoms with Crippen LogP contribution in [0.5, 0.6) is 0 Å². The van der Waals surface area contributed by atoms with Crippen molar-refractivity contribution in [3.05, 3.63) is 39.4 Å². The van der Waals surface area contributed by atoms with Gasteiger partial charge in [-0.05, 0) is 6.07 Å². The molecule has 0 unspecified atom stereocenters. The molecule has 8 heteroatoms. The van der Waals surface area contributed by atoms with Crippen LogP contribution in [0.4, 0.5) is 14.5 Å². The molecule has 6 nitrogen and oxygen atoms in total. The van der Waals surface area contributed by atoms with Crippen LogP contribution in [0, 0.1) is 21.7 Å². The van der Waals surface area contributed by atoms with Crippen molar-refractivity contribution in [2.24, 2.45) is 0 Å². The third kappa shape index (κ3) is 2.68. The van der Waals surface area contributed by atoms with Gasteiger partial charge in [0.2, 0.25) is 5.82 Å². The number of carbonyl (C=O) groups excluding carboxylic acids is 1. The second-order valence-corrected chi connectivity index (χ2v) is 3.95. The predicted molar refractivity (Wildman–Crippen MR) is 59.7 cm³/mol. The van der Waals surface area contributed by atoms with E-state index in [2.05, 4.69) is 0 Å². The van der Waals surface area contributed by atoms with Crippen molar-refractivity contribution in [1.82, 2.24) is 4.90 Å². The van der Waals surface area contributed by atoms with Crippen LogP contribution >= 0.6 is 0 Å². The molecule has 1 saturated heterocycles. The second kappa shape index (κ2) is 5.27. The SMILES string of the molecule is O=C(c1cc(F)cc([N+](=O)[O-])c1F)N1CCOCC1. The molecule has 0 atom stereocenters. The maximum atomic E-state index is 13.8. The van der Waals surface area contributed by atoms with Gasteiger partial charge in [-0.2, -0.15) is 4.39 Å². The van der Waals surface area contributed by atoms with Gasteiger partial charge in [0.1, 0.15) is 5.82 Å². The molecule has 1 aliphatic heterocycles. The first kappa shape index (κ1) is 13.3. The molecular weight excluding hydrogens is 262 g/mol. The van der Waals surface area contributed by atoms with Crippen molar-refractivity contribution in [2.75, 3.05) is 26.3 Å². The number of hydrogen-bond acceptors (Lipinski definition) is 4. The Hall–Kier alpha value is -2.09. The van der Waals surface area contributed by atoms with E-state index >= 15 is 0 Å². The van der Waals surface area contributed by atoms with E-state index in [1.807, 2.05) is 0 Å². The number of ether oxygens (including phenoxy) is 1. The average Bonchev–Trinajstić information content (AvgIpc) is 2.41. The van der Waals surface area contributed by atoms with Crippen LogP contribution in [0.1, 0.15) is 10.4 Å². The molecule has 2 rings (SSSR count). The third-order valence-corrected chi connectivity index (χ3v) is 2.74. The minimum atomic E-state index is -1.32. The van der Waals surface area contributed by atoms with E-state index in [1.54, 1.807) is 0 Å². The number of nitro benzene ring substituents is 1. The second-order valence-electron chi connectivity index (χ2n) is 3.95. The van der Waals surface area contributed by atoms with Gasteiger partial charge in [0.25, 0.3) is 5.91 Å². The topological polar surface area (TPSA) is 72.7 Å². The van der Waals surface area contributed by atoms with Crippen molar-refractivity contribution in [1.29, 1.82) is 0 Å². The Morgan fingerprint density at radius 3 is 2.53 bits per heavy atom. The van der Waals surface area contributed by atoms with Crippen LogP contribution in [0.15, 0.2) is 12.1 Å². The molecule has 1 aromatic carbocycles. The Bertz CT molecular complexity index is 530. The Balaban J connectivity index is 2.38. The van der Waals surface area contributed by atoms with Crippen LogP contribution in [0.3, 0.4) is 0 Å². The average molecular weight is 272 g/mol. The summed E-state index contributed by atoms with van der Waals surface area (Å²) < 4.78 is 32.1. The first-order valence-electron chi connectivity index (χ1n) is 5.51. The highest BCUT2D eigenvalue weighted by Gasteiger charge is 2.27. The quantitative estimate of drug-likeness (QED) is 0.601. The Morgan fingerprint density at radius 2 is 1.95 bits per heavy atom. The predicted octanol–water partition coefficient (Wildman–Crippen LogP) is 1.35. The van der Waals surface area contributed by atoms with Gasteiger partial charge in [0, 0.05) is 13.1 Å². The molecule has 1 fully saturated rings. The molecule has 1 aromatic rings. The standard InChI is InChI=1S/C11H10F2N2O4/c12-7-5-8(10(13)9(6-7)15(17)18)11(16)14-1-3-19-4-2-14/h5-6H,1-4H2. The first-order valence-corrected chi connectivity index (χ1v) is 5.51. The lowest BCUT2D eigenvalue weighted by atomic mass is 10.1. The molecule has 1 amide bonds. The fraction of sp³-hybridized carbons (Fsp3) is 0.364. The van der Waals surface area contributed by atoms with Crippen LogP contribution < -0.4 is 0 Å². The molecular formula is C11H10F2N2O4. The van der Waals surface area contributed by atoms with E-state index in [0.717, 1.165) is 0 Å². The van der Waals surface area contributed by atoms with E-state index < -0.39 is 33.7 Å². The zero-order chi connectivity index (χ0) is 14.0. The zero-order valence-corrected chi connectivity index (χ0v) is 9.77. The maximum Gasteiger partial charge on any atom is 0.308 e. The summed E-state index contributed by atoms with van der Waals surface area (Å²) in [5.74, 6) is -3.11. The van der Waals surface area contributed by atoms with E-state index in [9.17, 15) is 23.7 Å². The maximum absolute atomic E-state index is 13.8. The Kier molecular flexibility index (Phi) is 3.70. The number of nitro groups is 1. The van der Waals surface area contributed by atoms with Crippen molar-refractivity contribution in [3.63, 3.8) is 0 Å². The number of carbonyl (C=O) groups is 1. The van der Waals surface area contributed by atoms with Crippen LogP contribution in [0.25, 0.3) is 0 Å². The van der Waals surface area contributed by atoms with Crippen molar-refractivity contribution < 1.29 is 23.2 Å². The van der Waals surface area contributed by atoms with Crippen LogP contribution in [-0.2, 0) is 4.74 Å². The molecule has 0 radical (unpaired) electrons. The molecule has 0 aromatic heterocycles. The minimum absolute atomic E-state index is 0.239. The van der Waals surface area contributed by atoms with Gasteiger partial charge in [0.15, 0.2) is 0 Å². The summed E-state index contributed by atoms with van der Waals surface area (Å²) in [5.41, 5.74) is -1.68. The third-order valence-electron chi connectivity index (χ3n) is 2.74. The normalized spacial score (nSPS) is 15.4. The van der Waals surface area contributed by atoms with Gasteiger partial charge >= 0.3 is 5.69 Å². The minimum Gasteiger partial charge on any atom is -0.378 e. The number of halogens is 2. The highest BCUT2D eigenvalue weighted by atomic mass is 19.1. The Morgan fingerprint density at radius 1 is 1.32 bits per heavy atom. The number of hydrogen-bond donors (Lipinski definition) is 0. The summed E-state index contributed by atoms with van der Waals surface area (Å²) >= 11 is 0. The number of nitrogens with zero attached hydrogens (tertiary/aromatic N) is 2. The zero-order valence-electron chi connectivity index (χ0n) is 9.77. The fourth-order valence-corrected chi connectivity index (χ4v) is 1.80. The summed E-state index contributed by atoms with van der Waals surface area (Å²) in [6, 6.07) is 1.12. The van der Waals surface area contributed by atoms with E-state index in [0.29, 0.717) is 25.3 Å². The van der Waals surface area contributed by atoms with Crippen molar-refractivity contribution >= 4 is 11.6 Å². The highest BCUT2D eigenvalue weighted by molar-refractivity contribution is 5.95. The van der Waals surface area contributed by atoms with E-state index in [4.69, 9.17) is 4.74 Å². The summed E-state index contributed by atoms with van der Waals surface area (Å²) in [4.78, 5) is 22.8. The summed E-state index contributed by atoms with van der Waals surface area (Å²) in [5, 5.41) is 10.6. The monoisotopic (exact) mass is 272 g/mol. The molecule has 1 heterocycles. The van der Waals surface area contributed by atoms with E-state index in [1.165, 1.54) is 4.90 Å². The summed E-state index contributed by atoms with van der Waals surface area (Å²) in [6.07, 6.45) is 0. The number of benzene rings is 1. The van der Waals surface area contributed by atoms with Crippen molar-refractivity contribution in [3.8, 4) is 0 Å². The van der Waals surface area contributed by atoms with Gasteiger partial charge in [0.05, 0.1) is 29.8 Å². The largest absolute Gasteiger partial charge is 0.378 e. The smallest absolute Gasteiger partial charge is 0.308 e. The summed E-state index contributed by atoms with van der Waals surface area (Å²) in [6.45, 7) is 1.07.